The van der Waals surface area contributed by atoms with Gasteiger partial charge in [-0.3, -0.25) is 0 Å². The Hall–Kier alpha value is -2.31. The van der Waals surface area contributed by atoms with Gasteiger partial charge in [0, 0.05) is 0 Å². The molecule has 0 spiro atoms. The molecule has 3 heteroatoms. The summed E-state index contributed by atoms with van der Waals surface area (Å²) < 4.78 is 10.7. The van der Waals surface area contributed by atoms with Crippen molar-refractivity contribution >= 4 is 0 Å². The van der Waals surface area contributed by atoms with Crippen molar-refractivity contribution in [3.8, 4) is 11.8 Å². The first-order chi connectivity index (χ1) is 9.31. The SMILES string of the molecule is COc1ccc(COCc2ccc(C#N)cc2)cc1. The van der Waals surface area contributed by atoms with Crippen molar-refractivity contribution in [2.24, 2.45) is 0 Å². The zero-order valence-electron chi connectivity index (χ0n) is 10.8. The lowest BCUT2D eigenvalue weighted by Crippen LogP contribution is -1.94. The number of hydrogen-bond acceptors (Lipinski definition) is 3. The second-order valence-corrected chi connectivity index (χ2v) is 4.15. The maximum atomic E-state index is 8.70. The van der Waals surface area contributed by atoms with E-state index in [-0.39, 0.29) is 0 Å². The van der Waals surface area contributed by atoms with Crippen LogP contribution in [0.25, 0.3) is 0 Å². The summed E-state index contributed by atoms with van der Waals surface area (Å²) in [6.45, 7) is 1.10. The molecule has 0 radical (unpaired) electrons. The predicted molar refractivity (Wildman–Crippen MR) is 72.6 cm³/mol. The van der Waals surface area contributed by atoms with Crippen LogP contribution in [-0.2, 0) is 18.0 Å². The minimum atomic E-state index is 0.539. The minimum absolute atomic E-state index is 0.539. The van der Waals surface area contributed by atoms with Gasteiger partial charge >= 0.3 is 0 Å². The van der Waals surface area contributed by atoms with Gasteiger partial charge in [0.1, 0.15) is 5.75 Å². The molecule has 0 aliphatic rings. The summed E-state index contributed by atoms with van der Waals surface area (Å²) in [5.41, 5.74) is 2.83. The van der Waals surface area contributed by atoms with E-state index in [2.05, 4.69) is 6.07 Å². The lowest BCUT2D eigenvalue weighted by molar-refractivity contribution is 0.107. The molecule has 3 nitrogen and oxygen atoms in total. The molecule has 0 saturated carbocycles. The molecule has 2 aromatic rings. The van der Waals surface area contributed by atoms with Gasteiger partial charge in [-0.1, -0.05) is 24.3 Å². The van der Waals surface area contributed by atoms with Crippen LogP contribution < -0.4 is 4.74 Å². The Labute approximate surface area is 113 Å². The van der Waals surface area contributed by atoms with Crippen LogP contribution >= 0.6 is 0 Å². The Bertz CT molecular complexity index is 553. The molecule has 0 bridgehead atoms. The van der Waals surface area contributed by atoms with Crippen molar-refractivity contribution < 1.29 is 9.47 Å². The van der Waals surface area contributed by atoms with Crippen molar-refractivity contribution in [3.05, 3.63) is 65.2 Å². The minimum Gasteiger partial charge on any atom is -0.497 e. The number of benzene rings is 2. The summed E-state index contributed by atoms with van der Waals surface area (Å²) >= 11 is 0. The van der Waals surface area contributed by atoms with Crippen LogP contribution in [-0.4, -0.2) is 7.11 Å². The predicted octanol–water partition coefficient (Wildman–Crippen LogP) is 3.28. The van der Waals surface area contributed by atoms with E-state index in [1.807, 2.05) is 36.4 Å². The second-order valence-electron chi connectivity index (χ2n) is 4.15. The molecule has 0 saturated heterocycles. The van der Waals surface area contributed by atoms with Crippen LogP contribution in [0.4, 0.5) is 0 Å². The maximum absolute atomic E-state index is 8.70. The topological polar surface area (TPSA) is 42.2 Å². The normalized spacial score (nSPS) is 9.89. The van der Waals surface area contributed by atoms with Gasteiger partial charge in [0.2, 0.25) is 0 Å². The third-order valence-electron chi connectivity index (χ3n) is 2.78. The first kappa shape index (κ1) is 13.1. The molecule has 0 amide bonds. The van der Waals surface area contributed by atoms with Crippen molar-refractivity contribution in [1.82, 2.24) is 0 Å². The zero-order valence-corrected chi connectivity index (χ0v) is 10.8. The molecule has 96 valence electrons. The van der Waals surface area contributed by atoms with Crippen molar-refractivity contribution in [3.63, 3.8) is 0 Å². The standard InChI is InChI=1S/C16H15NO2/c1-18-16-8-6-15(7-9-16)12-19-11-14-4-2-13(10-17)3-5-14/h2-9H,11-12H2,1H3. The van der Waals surface area contributed by atoms with E-state index in [1.54, 1.807) is 19.2 Å². The first-order valence-corrected chi connectivity index (χ1v) is 6.01. The van der Waals surface area contributed by atoms with E-state index < -0.39 is 0 Å². The van der Waals surface area contributed by atoms with Crippen molar-refractivity contribution in [2.75, 3.05) is 7.11 Å². The first-order valence-electron chi connectivity index (χ1n) is 6.01. The molecular weight excluding hydrogens is 238 g/mol. The largest absolute Gasteiger partial charge is 0.497 e. The van der Waals surface area contributed by atoms with E-state index in [1.165, 1.54) is 0 Å². The van der Waals surface area contributed by atoms with E-state index in [0.717, 1.165) is 16.9 Å². The van der Waals surface area contributed by atoms with E-state index in [0.29, 0.717) is 18.8 Å². The highest BCUT2D eigenvalue weighted by Crippen LogP contribution is 2.13. The molecule has 0 N–H and O–H groups in total. The second kappa shape index (κ2) is 6.58. The third-order valence-corrected chi connectivity index (χ3v) is 2.78. The van der Waals surface area contributed by atoms with Crippen LogP contribution in [0.15, 0.2) is 48.5 Å². The van der Waals surface area contributed by atoms with E-state index in [4.69, 9.17) is 14.7 Å². The molecule has 2 rings (SSSR count). The van der Waals surface area contributed by atoms with E-state index in [9.17, 15) is 0 Å². The van der Waals surface area contributed by atoms with Gasteiger partial charge in [-0.25, -0.2) is 0 Å². The van der Waals surface area contributed by atoms with Crippen LogP contribution in [0.5, 0.6) is 5.75 Å². The van der Waals surface area contributed by atoms with Crippen molar-refractivity contribution in [1.29, 1.82) is 5.26 Å². The van der Waals surface area contributed by atoms with Gasteiger partial charge in [0.25, 0.3) is 0 Å². The molecule has 0 fully saturated rings. The monoisotopic (exact) mass is 253 g/mol. The number of nitrogens with zero attached hydrogens (tertiary/aromatic N) is 1. The molecule has 2 aromatic carbocycles. The molecule has 0 atom stereocenters. The molecule has 0 aromatic heterocycles. The Kier molecular flexibility index (Phi) is 4.54. The van der Waals surface area contributed by atoms with Crippen LogP contribution in [0.3, 0.4) is 0 Å². The van der Waals surface area contributed by atoms with Crippen LogP contribution in [0.2, 0.25) is 0 Å². The number of hydrogen-bond donors (Lipinski definition) is 0. The lowest BCUT2D eigenvalue weighted by Gasteiger charge is -2.06. The summed E-state index contributed by atoms with van der Waals surface area (Å²) in [6, 6.07) is 17.3. The zero-order chi connectivity index (χ0) is 13.5. The molecule has 0 aliphatic carbocycles. The van der Waals surface area contributed by atoms with Gasteiger partial charge in [-0.2, -0.15) is 5.26 Å². The molecular formula is C16H15NO2. The summed E-state index contributed by atoms with van der Waals surface area (Å²) in [5, 5.41) is 8.70. The Balaban J connectivity index is 1.83. The Morgan fingerprint density at radius 3 is 1.89 bits per heavy atom. The molecule has 0 unspecified atom stereocenters. The average molecular weight is 253 g/mol. The summed E-state index contributed by atoms with van der Waals surface area (Å²) in [7, 11) is 1.65. The Morgan fingerprint density at radius 2 is 1.42 bits per heavy atom. The van der Waals surface area contributed by atoms with Gasteiger partial charge < -0.3 is 9.47 Å². The van der Waals surface area contributed by atoms with E-state index >= 15 is 0 Å². The Morgan fingerprint density at radius 1 is 0.895 bits per heavy atom. The van der Waals surface area contributed by atoms with Crippen molar-refractivity contribution in [2.45, 2.75) is 13.2 Å². The van der Waals surface area contributed by atoms with Gasteiger partial charge in [0.05, 0.1) is 32.0 Å². The van der Waals surface area contributed by atoms with Gasteiger partial charge in [0.15, 0.2) is 0 Å². The molecule has 0 heterocycles. The fourth-order valence-electron chi connectivity index (χ4n) is 1.68. The number of rotatable bonds is 5. The van der Waals surface area contributed by atoms with Gasteiger partial charge in [-0.15, -0.1) is 0 Å². The lowest BCUT2D eigenvalue weighted by atomic mass is 10.1. The highest BCUT2D eigenvalue weighted by atomic mass is 16.5. The molecule has 19 heavy (non-hydrogen) atoms. The number of ether oxygens (including phenoxy) is 2. The van der Waals surface area contributed by atoms with Gasteiger partial charge in [-0.05, 0) is 35.4 Å². The fourth-order valence-corrected chi connectivity index (χ4v) is 1.68. The highest BCUT2D eigenvalue weighted by Gasteiger charge is 1.97. The number of nitriles is 1. The number of methoxy groups -OCH3 is 1. The average Bonchev–Trinajstić information content (AvgIpc) is 2.49. The summed E-state index contributed by atoms with van der Waals surface area (Å²) in [4.78, 5) is 0. The molecule has 0 aliphatic heterocycles. The quantitative estimate of drug-likeness (QED) is 0.821. The summed E-state index contributed by atoms with van der Waals surface area (Å²) in [6.07, 6.45) is 0. The summed E-state index contributed by atoms with van der Waals surface area (Å²) in [5.74, 6) is 0.843. The third kappa shape index (κ3) is 3.84. The van der Waals surface area contributed by atoms with Crippen LogP contribution in [0.1, 0.15) is 16.7 Å². The fraction of sp³-hybridized carbons (Fsp3) is 0.188. The smallest absolute Gasteiger partial charge is 0.118 e. The van der Waals surface area contributed by atoms with Crippen LogP contribution in [0, 0.1) is 11.3 Å². The highest BCUT2D eigenvalue weighted by molar-refractivity contribution is 5.31. The maximum Gasteiger partial charge on any atom is 0.118 e.